The van der Waals surface area contributed by atoms with Gasteiger partial charge in [0.2, 0.25) is 0 Å². The van der Waals surface area contributed by atoms with Crippen LogP contribution >= 0.6 is 0 Å². The largest absolute Gasteiger partial charge is 0.294 e. The van der Waals surface area contributed by atoms with Gasteiger partial charge in [-0.3, -0.25) is 4.57 Å². The van der Waals surface area contributed by atoms with Crippen molar-refractivity contribution in [3.8, 4) is 39.4 Å². The third kappa shape index (κ3) is 5.60. The molecule has 0 unspecified atom stereocenters. The van der Waals surface area contributed by atoms with Crippen molar-refractivity contribution in [1.29, 1.82) is 0 Å². The molecule has 0 fully saturated rings. The summed E-state index contributed by atoms with van der Waals surface area (Å²) in [6, 6.07) is 67.9. The highest BCUT2D eigenvalue weighted by Gasteiger charge is 2.29. The van der Waals surface area contributed by atoms with Gasteiger partial charge in [0.05, 0.1) is 11.0 Å². The Morgan fingerprint density at radius 2 is 1.15 bits per heavy atom. The van der Waals surface area contributed by atoms with Gasteiger partial charge in [-0.1, -0.05) is 151 Å². The van der Waals surface area contributed by atoms with E-state index in [1.165, 1.54) is 54.4 Å². The SMILES string of the molecule is C[Si](C)(c1cccc(-n2c[n+](-c3ccccc3)c3ccccc32)c1)c1ccc2c3ccccc3n(-c3cc(-c4ccccc4-c4ccccc4)ccn3)c2c1. The van der Waals surface area contributed by atoms with Gasteiger partial charge in [0.15, 0.2) is 11.0 Å². The summed E-state index contributed by atoms with van der Waals surface area (Å²) in [6.45, 7) is 4.94. The van der Waals surface area contributed by atoms with Crippen LogP contribution in [0.3, 0.4) is 0 Å². The number of pyridine rings is 1. The molecule has 3 heterocycles. The first-order chi connectivity index (χ1) is 27.0. The maximum absolute atomic E-state index is 5.02. The summed E-state index contributed by atoms with van der Waals surface area (Å²) in [5.74, 6) is 0.913. The van der Waals surface area contributed by atoms with Gasteiger partial charge in [-0.2, -0.15) is 9.13 Å². The van der Waals surface area contributed by atoms with Crippen LogP contribution in [-0.2, 0) is 0 Å². The summed E-state index contributed by atoms with van der Waals surface area (Å²) in [6.07, 6.45) is 4.17. The number of para-hydroxylation sites is 4. The second-order valence-electron chi connectivity index (χ2n) is 14.8. The lowest BCUT2D eigenvalue weighted by Gasteiger charge is -2.24. The van der Waals surface area contributed by atoms with Gasteiger partial charge in [0.25, 0.3) is 6.33 Å². The number of rotatable bonds is 7. The van der Waals surface area contributed by atoms with Gasteiger partial charge in [0, 0.05) is 17.0 Å². The molecular weight excluding hydrogens is 685 g/mol. The molecule has 10 aromatic rings. The molecule has 262 valence electrons. The van der Waals surface area contributed by atoms with Crippen molar-refractivity contribution in [1.82, 2.24) is 14.1 Å². The first-order valence-electron chi connectivity index (χ1n) is 18.9. The molecule has 0 saturated heterocycles. The Morgan fingerprint density at radius 1 is 0.491 bits per heavy atom. The van der Waals surface area contributed by atoms with Crippen molar-refractivity contribution in [3.05, 3.63) is 201 Å². The van der Waals surface area contributed by atoms with Crippen LogP contribution in [0.15, 0.2) is 201 Å². The van der Waals surface area contributed by atoms with Crippen LogP contribution in [0.5, 0.6) is 0 Å². The van der Waals surface area contributed by atoms with E-state index in [0.717, 1.165) is 28.3 Å². The van der Waals surface area contributed by atoms with Crippen molar-refractivity contribution in [2.24, 2.45) is 0 Å². The molecule has 0 radical (unpaired) electrons. The summed E-state index contributed by atoms with van der Waals surface area (Å²) in [5.41, 5.74) is 11.7. The molecule has 10 rings (SSSR count). The standard InChI is InChI=1S/C50H39N4Si/c1-55(2,40-21-15-20-39(33-40)53-35-52(38-18-7-4-8-19-38)47-26-13-14-27-48(47)53)41-28-29-45-44-24-11-12-25-46(44)54(49(45)34-41)50-32-37(30-31-51-50)43-23-10-9-22-42(43)36-16-5-3-6-17-36/h3-35H,1-2H3/q+1. The summed E-state index contributed by atoms with van der Waals surface area (Å²) >= 11 is 0. The molecule has 55 heavy (non-hydrogen) atoms. The molecule has 0 bridgehead atoms. The number of hydrogen-bond acceptors (Lipinski definition) is 1. The molecule has 0 N–H and O–H groups in total. The molecule has 0 saturated carbocycles. The zero-order valence-electron chi connectivity index (χ0n) is 30.8. The highest BCUT2D eigenvalue weighted by atomic mass is 28.3. The minimum Gasteiger partial charge on any atom is -0.294 e. The van der Waals surface area contributed by atoms with Gasteiger partial charge < -0.3 is 0 Å². The molecule has 0 aliphatic heterocycles. The Bertz CT molecular complexity index is 3010. The number of benzene rings is 7. The van der Waals surface area contributed by atoms with Crippen LogP contribution in [0.4, 0.5) is 0 Å². The Balaban J connectivity index is 1.09. The smallest absolute Gasteiger partial charge is 0.255 e. The lowest BCUT2D eigenvalue weighted by molar-refractivity contribution is -0.567. The average molecular weight is 724 g/mol. The van der Waals surface area contributed by atoms with Gasteiger partial charge in [-0.05, 0) is 82.9 Å². The fourth-order valence-electron chi connectivity index (χ4n) is 8.24. The number of fused-ring (bicyclic) bond motifs is 4. The maximum Gasteiger partial charge on any atom is 0.255 e. The zero-order valence-corrected chi connectivity index (χ0v) is 31.8. The third-order valence-corrected chi connectivity index (χ3v) is 14.7. The minimum atomic E-state index is -2.20. The molecule has 7 aromatic carbocycles. The van der Waals surface area contributed by atoms with E-state index in [9.17, 15) is 0 Å². The van der Waals surface area contributed by atoms with E-state index in [-0.39, 0.29) is 0 Å². The first-order valence-corrected chi connectivity index (χ1v) is 21.9. The molecule has 4 nitrogen and oxygen atoms in total. The lowest BCUT2D eigenvalue weighted by atomic mass is 9.95. The van der Waals surface area contributed by atoms with Crippen LogP contribution in [0.1, 0.15) is 0 Å². The second kappa shape index (κ2) is 13.2. The number of nitrogens with zero attached hydrogens (tertiary/aromatic N) is 4. The summed E-state index contributed by atoms with van der Waals surface area (Å²) < 4.78 is 6.96. The summed E-state index contributed by atoms with van der Waals surface area (Å²) in [5, 5.41) is 5.23. The predicted molar refractivity (Wildman–Crippen MR) is 231 cm³/mol. The van der Waals surface area contributed by atoms with Crippen molar-refractivity contribution in [2.75, 3.05) is 0 Å². The molecule has 3 aromatic heterocycles. The first kappa shape index (κ1) is 32.8. The molecule has 0 atom stereocenters. The van der Waals surface area contributed by atoms with Crippen LogP contribution in [0, 0.1) is 0 Å². The molecular formula is C50H39N4Si+. The minimum absolute atomic E-state index is 0.913. The van der Waals surface area contributed by atoms with E-state index in [4.69, 9.17) is 4.98 Å². The van der Waals surface area contributed by atoms with E-state index in [1.807, 2.05) is 6.20 Å². The monoisotopic (exact) mass is 723 g/mol. The maximum atomic E-state index is 5.02. The third-order valence-electron chi connectivity index (χ3n) is 11.2. The van der Waals surface area contributed by atoms with Gasteiger partial charge in [-0.15, -0.1) is 0 Å². The quantitative estimate of drug-likeness (QED) is 0.119. The molecule has 0 aliphatic rings. The van der Waals surface area contributed by atoms with E-state index >= 15 is 0 Å². The van der Waals surface area contributed by atoms with Crippen LogP contribution in [-0.4, -0.2) is 22.2 Å². The highest BCUT2D eigenvalue weighted by molar-refractivity contribution is 7.00. The fraction of sp³-hybridized carbons (Fsp3) is 0.0400. The Kier molecular flexibility index (Phi) is 7.89. The van der Waals surface area contributed by atoms with E-state index in [1.54, 1.807) is 0 Å². The number of imidazole rings is 1. The summed E-state index contributed by atoms with van der Waals surface area (Å²) in [4.78, 5) is 5.02. The average Bonchev–Trinajstić information content (AvgIpc) is 3.81. The molecule has 0 aliphatic carbocycles. The van der Waals surface area contributed by atoms with Crippen molar-refractivity contribution in [3.63, 3.8) is 0 Å². The zero-order chi connectivity index (χ0) is 36.9. The molecule has 0 spiro atoms. The van der Waals surface area contributed by atoms with Crippen LogP contribution in [0.2, 0.25) is 13.1 Å². The van der Waals surface area contributed by atoms with Crippen LogP contribution in [0.25, 0.3) is 72.3 Å². The highest BCUT2D eigenvalue weighted by Crippen LogP contribution is 2.35. The number of hydrogen-bond donors (Lipinski definition) is 0. The van der Waals surface area contributed by atoms with Crippen molar-refractivity contribution >= 4 is 51.3 Å². The normalized spacial score (nSPS) is 11.8. The Hall–Kier alpha value is -6.82. The fourth-order valence-corrected chi connectivity index (χ4v) is 10.6. The molecule has 5 heteroatoms. The van der Waals surface area contributed by atoms with Gasteiger partial charge in [-0.25, -0.2) is 4.98 Å². The topological polar surface area (TPSA) is 26.6 Å². The number of aromatic nitrogens is 4. The van der Waals surface area contributed by atoms with Gasteiger partial charge in [0.1, 0.15) is 25.3 Å². The van der Waals surface area contributed by atoms with E-state index < -0.39 is 8.07 Å². The Labute approximate surface area is 321 Å². The summed E-state index contributed by atoms with van der Waals surface area (Å²) in [7, 11) is -2.20. The van der Waals surface area contributed by atoms with E-state index in [0.29, 0.717) is 0 Å². The Morgan fingerprint density at radius 3 is 1.96 bits per heavy atom. The van der Waals surface area contributed by atoms with Gasteiger partial charge >= 0.3 is 0 Å². The molecule has 0 amide bonds. The van der Waals surface area contributed by atoms with Crippen molar-refractivity contribution in [2.45, 2.75) is 13.1 Å². The van der Waals surface area contributed by atoms with E-state index in [2.05, 4.69) is 221 Å². The predicted octanol–water partition coefficient (Wildman–Crippen LogP) is 10.6. The second-order valence-corrected chi connectivity index (χ2v) is 19.2. The van der Waals surface area contributed by atoms with Crippen molar-refractivity contribution < 1.29 is 4.57 Å². The van der Waals surface area contributed by atoms with Crippen LogP contribution < -0.4 is 14.9 Å². The lowest BCUT2D eigenvalue weighted by Crippen LogP contribution is -2.52.